The first kappa shape index (κ1) is 12.5. The average Bonchev–Trinajstić information content (AvgIpc) is 2.35. The van der Waals surface area contributed by atoms with Gasteiger partial charge in [-0.2, -0.15) is 0 Å². The lowest BCUT2D eigenvalue weighted by Crippen LogP contribution is -2.28. The monoisotopic (exact) mass is 219 g/mol. The molecule has 0 aliphatic rings. The minimum absolute atomic E-state index is 0.0406. The van der Waals surface area contributed by atoms with Gasteiger partial charge in [0.05, 0.1) is 19.3 Å². The van der Waals surface area contributed by atoms with E-state index in [1.807, 2.05) is 13.0 Å². The number of hydrazine groups is 1. The van der Waals surface area contributed by atoms with E-state index >= 15 is 0 Å². The van der Waals surface area contributed by atoms with E-state index in [9.17, 15) is 0 Å². The standard InChI is InChI=1S/C12H17N3O/c1-3-4-5-6-11(15-13)10-7-8-14-9-12(10)16-2/h7-9,11,15H,5-6,13H2,1-2H3. The molecule has 0 amide bonds. The van der Waals surface area contributed by atoms with Crippen LogP contribution in [-0.4, -0.2) is 12.1 Å². The van der Waals surface area contributed by atoms with Crippen molar-refractivity contribution in [2.24, 2.45) is 5.84 Å². The van der Waals surface area contributed by atoms with Gasteiger partial charge in [0.2, 0.25) is 0 Å². The second-order valence-corrected chi connectivity index (χ2v) is 3.30. The summed E-state index contributed by atoms with van der Waals surface area (Å²) in [7, 11) is 1.62. The Morgan fingerprint density at radius 1 is 1.62 bits per heavy atom. The molecule has 0 bridgehead atoms. The van der Waals surface area contributed by atoms with Crippen LogP contribution in [0, 0.1) is 11.8 Å². The maximum Gasteiger partial charge on any atom is 0.141 e. The van der Waals surface area contributed by atoms with Crippen LogP contribution in [0.3, 0.4) is 0 Å². The molecule has 0 radical (unpaired) electrons. The van der Waals surface area contributed by atoms with Crippen molar-refractivity contribution in [3.63, 3.8) is 0 Å². The fourth-order valence-corrected chi connectivity index (χ4v) is 1.52. The van der Waals surface area contributed by atoms with Crippen molar-refractivity contribution in [1.29, 1.82) is 0 Å². The van der Waals surface area contributed by atoms with Crippen LogP contribution in [0.25, 0.3) is 0 Å². The molecule has 0 saturated carbocycles. The molecular weight excluding hydrogens is 202 g/mol. The first-order chi connectivity index (χ1) is 7.83. The summed E-state index contributed by atoms with van der Waals surface area (Å²) >= 11 is 0. The van der Waals surface area contributed by atoms with Crippen molar-refractivity contribution < 1.29 is 4.74 Å². The van der Waals surface area contributed by atoms with Gasteiger partial charge in [-0.1, -0.05) is 0 Å². The molecule has 1 rings (SSSR count). The minimum atomic E-state index is 0.0406. The normalized spacial score (nSPS) is 11.4. The Bertz CT molecular complexity index is 381. The summed E-state index contributed by atoms with van der Waals surface area (Å²) in [5.74, 6) is 12.2. The lowest BCUT2D eigenvalue weighted by Gasteiger charge is -2.17. The molecule has 4 heteroatoms. The molecule has 0 aliphatic carbocycles. The first-order valence-corrected chi connectivity index (χ1v) is 5.17. The molecular formula is C12H17N3O. The number of nitrogens with zero attached hydrogens (tertiary/aromatic N) is 1. The Balaban J connectivity index is 2.79. The Morgan fingerprint density at radius 3 is 3.06 bits per heavy atom. The molecule has 1 aromatic rings. The van der Waals surface area contributed by atoms with Crippen LogP contribution in [0.5, 0.6) is 5.75 Å². The Morgan fingerprint density at radius 2 is 2.44 bits per heavy atom. The summed E-state index contributed by atoms with van der Waals surface area (Å²) in [5.41, 5.74) is 3.79. The second kappa shape index (κ2) is 6.83. The summed E-state index contributed by atoms with van der Waals surface area (Å²) < 4.78 is 5.24. The number of hydrogen-bond acceptors (Lipinski definition) is 4. The topological polar surface area (TPSA) is 60.2 Å². The number of aromatic nitrogens is 1. The predicted molar refractivity (Wildman–Crippen MR) is 63.5 cm³/mol. The zero-order chi connectivity index (χ0) is 11.8. The summed E-state index contributed by atoms with van der Waals surface area (Å²) in [6.07, 6.45) is 5.06. The molecule has 0 spiro atoms. The lowest BCUT2D eigenvalue weighted by atomic mass is 10.0. The van der Waals surface area contributed by atoms with Crippen molar-refractivity contribution in [2.45, 2.75) is 25.8 Å². The van der Waals surface area contributed by atoms with Gasteiger partial charge >= 0.3 is 0 Å². The van der Waals surface area contributed by atoms with Gasteiger partial charge in [0.1, 0.15) is 5.75 Å². The Labute approximate surface area is 96.2 Å². The van der Waals surface area contributed by atoms with E-state index in [2.05, 4.69) is 22.3 Å². The van der Waals surface area contributed by atoms with Crippen molar-refractivity contribution in [3.05, 3.63) is 24.0 Å². The number of nitrogens with one attached hydrogen (secondary N) is 1. The maximum atomic E-state index is 5.54. The lowest BCUT2D eigenvalue weighted by molar-refractivity contribution is 0.394. The fraction of sp³-hybridized carbons (Fsp3) is 0.417. The molecule has 0 aliphatic heterocycles. The molecule has 0 fully saturated rings. The smallest absolute Gasteiger partial charge is 0.141 e. The fourth-order valence-electron chi connectivity index (χ4n) is 1.52. The zero-order valence-corrected chi connectivity index (χ0v) is 9.66. The molecule has 0 saturated heterocycles. The summed E-state index contributed by atoms with van der Waals surface area (Å²) in [5, 5.41) is 0. The molecule has 1 aromatic heterocycles. The highest BCUT2D eigenvalue weighted by Crippen LogP contribution is 2.26. The van der Waals surface area contributed by atoms with Crippen LogP contribution in [0.2, 0.25) is 0 Å². The van der Waals surface area contributed by atoms with Crippen molar-refractivity contribution >= 4 is 0 Å². The molecule has 16 heavy (non-hydrogen) atoms. The van der Waals surface area contributed by atoms with Crippen LogP contribution < -0.4 is 16.0 Å². The van der Waals surface area contributed by atoms with Gasteiger partial charge in [-0.15, -0.1) is 11.8 Å². The molecule has 86 valence electrons. The van der Waals surface area contributed by atoms with E-state index in [0.29, 0.717) is 0 Å². The Hall–Kier alpha value is -1.57. The van der Waals surface area contributed by atoms with Crippen molar-refractivity contribution in [1.82, 2.24) is 10.4 Å². The van der Waals surface area contributed by atoms with Crippen molar-refractivity contribution in [3.8, 4) is 17.6 Å². The second-order valence-electron chi connectivity index (χ2n) is 3.30. The van der Waals surface area contributed by atoms with E-state index in [1.54, 1.807) is 19.5 Å². The van der Waals surface area contributed by atoms with Crippen LogP contribution in [0.4, 0.5) is 0 Å². The summed E-state index contributed by atoms with van der Waals surface area (Å²) in [6.45, 7) is 1.83. The number of ether oxygens (including phenoxy) is 1. The third-order valence-corrected chi connectivity index (χ3v) is 2.35. The summed E-state index contributed by atoms with van der Waals surface area (Å²) in [6, 6.07) is 1.95. The zero-order valence-electron chi connectivity index (χ0n) is 9.66. The summed E-state index contributed by atoms with van der Waals surface area (Å²) in [4.78, 5) is 4.01. The number of nitrogens with two attached hydrogens (primary N) is 1. The Kier molecular flexibility index (Phi) is 5.34. The van der Waals surface area contributed by atoms with Gasteiger partial charge < -0.3 is 4.74 Å². The molecule has 3 N–H and O–H groups in total. The van der Waals surface area contributed by atoms with Gasteiger partial charge in [-0.3, -0.25) is 16.3 Å². The first-order valence-electron chi connectivity index (χ1n) is 5.17. The van der Waals surface area contributed by atoms with Gasteiger partial charge in [0, 0.05) is 18.2 Å². The highest BCUT2D eigenvalue weighted by molar-refractivity contribution is 5.32. The molecule has 1 unspecified atom stereocenters. The predicted octanol–water partition coefficient (Wildman–Crippen LogP) is 1.40. The number of rotatable bonds is 5. The van der Waals surface area contributed by atoms with E-state index in [4.69, 9.17) is 10.6 Å². The maximum absolute atomic E-state index is 5.54. The van der Waals surface area contributed by atoms with Crippen LogP contribution >= 0.6 is 0 Å². The molecule has 1 atom stereocenters. The average molecular weight is 219 g/mol. The third-order valence-electron chi connectivity index (χ3n) is 2.35. The van der Waals surface area contributed by atoms with E-state index < -0.39 is 0 Å². The van der Waals surface area contributed by atoms with Crippen LogP contribution in [0.15, 0.2) is 18.5 Å². The number of methoxy groups -OCH3 is 1. The van der Waals surface area contributed by atoms with E-state index in [1.165, 1.54) is 0 Å². The number of pyridine rings is 1. The highest BCUT2D eigenvalue weighted by Gasteiger charge is 2.13. The molecule has 1 heterocycles. The largest absolute Gasteiger partial charge is 0.495 e. The number of hydrogen-bond donors (Lipinski definition) is 2. The van der Waals surface area contributed by atoms with Crippen LogP contribution in [0.1, 0.15) is 31.4 Å². The molecule has 4 nitrogen and oxygen atoms in total. The van der Waals surface area contributed by atoms with Crippen LogP contribution in [-0.2, 0) is 0 Å². The van der Waals surface area contributed by atoms with E-state index in [0.717, 1.165) is 24.2 Å². The third kappa shape index (κ3) is 3.23. The molecule has 0 aromatic carbocycles. The quantitative estimate of drug-likeness (QED) is 0.446. The van der Waals surface area contributed by atoms with Gasteiger partial charge in [0.25, 0.3) is 0 Å². The van der Waals surface area contributed by atoms with Crippen molar-refractivity contribution in [2.75, 3.05) is 7.11 Å². The van der Waals surface area contributed by atoms with Gasteiger partial charge in [-0.05, 0) is 19.4 Å². The van der Waals surface area contributed by atoms with Gasteiger partial charge in [0.15, 0.2) is 0 Å². The van der Waals surface area contributed by atoms with E-state index in [-0.39, 0.29) is 6.04 Å². The van der Waals surface area contributed by atoms with Gasteiger partial charge in [-0.25, -0.2) is 0 Å². The minimum Gasteiger partial charge on any atom is -0.495 e. The highest BCUT2D eigenvalue weighted by atomic mass is 16.5. The SMILES string of the molecule is CC#CCCC(NN)c1ccncc1OC.